The molecule has 9 heteroatoms. The number of hydrogen-bond donors (Lipinski definition) is 5. The van der Waals surface area contributed by atoms with Crippen LogP contribution in [0.4, 0.5) is 0 Å². The van der Waals surface area contributed by atoms with Gasteiger partial charge in [0.2, 0.25) is 0 Å². The van der Waals surface area contributed by atoms with Crippen molar-refractivity contribution in [2.75, 3.05) is 6.61 Å². The summed E-state index contributed by atoms with van der Waals surface area (Å²) in [7, 11) is 0. The van der Waals surface area contributed by atoms with E-state index in [1.54, 1.807) is 17.0 Å². The van der Waals surface area contributed by atoms with E-state index in [0.29, 0.717) is 22.0 Å². The highest BCUT2D eigenvalue weighted by molar-refractivity contribution is 7.84. The zero-order chi connectivity index (χ0) is 22.3. The Morgan fingerprint density at radius 3 is 2.42 bits per heavy atom. The van der Waals surface area contributed by atoms with E-state index < -0.39 is 37.3 Å². The molecule has 1 saturated heterocycles. The first-order chi connectivity index (χ1) is 14.9. The number of thiol groups is 1. The summed E-state index contributed by atoms with van der Waals surface area (Å²) in [5, 5.41) is 51.8. The predicted octanol–water partition coefficient (Wildman–Crippen LogP) is 2.03. The number of aliphatic hydroxyl groups excluding tert-OH is 4. The van der Waals surface area contributed by atoms with Crippen molar-refractivity contribution in [1.29, 1.82) is 5.26 Å². The van der Waals surface area contributed by atoms with Gasteiger partial charge in [0.1, 0.15) is 24.4 Å². The topological polar surface area (TPSA) is 117 Å². The predicted molar refractivity (Wildman–Crippen MR) is 117 cm³/mol. The second kappa shape index (κ2) is 9.12. The molecule has 0 unspecified atom stereocenters. The lowest BCUT2D eigenvalue weighted by Gasteiger charge is -2.49. The highest BCUT2D eigenvalue weighted by atomic mass is 35.5. The fraction of sp³-hybridized carbons (Fsp3) is 0.500. The lowest BCUT2D eigenvalue weighted by Crippen LogP contribution is -2.63. The number of hydrogen-bond acceptors (Lipinski definition) is 8. The number of halogens is 1. The zero-order valence-electron chi connectivity index (χ0n) is 16.7. The van der Waals surface area contributed by atoms with Gasteiger partial charge in [-0.15, -0.1) is 12.6 Å². The number of benzene rings is 1. The van der Waals surface area contributed by atoms with E-state index in [-0.39, 0.29) is 5.92 Å². The average Bonchev–Trinajstić information content (AvgIpc) is 2.78. The molecule has 1 fully saturated rings. The van der Waals surface area contributed by atoms with Crippen LogP contribution in [0.5, 0.6) is 0 Å². The van der Waals surface area contributed by atoms with Crippen molar-refractivity contribution < 1.29 is 25.2 Å². The Kier molecular flexibility index (Phi) is 6.65. The Bertz CT molecular complexity index is 942. The van der Waals surface area contributed by atoms with Crippen LogP contribution in [0, 0.1) is 11.3 Å². The van der Waals surface area contributed by atoms with Crippen LogP contribution in [-0.4, -0.2) is 62.6 Å². The summed E-state index contributed by atoms with van der Waals surface area (Å²) in [5.41, 5.74) is 3.26. The smallest absolute Gasteiger partial charge is 0.163 e. The van der Waals surface area contributed by atoms with E-state index >= 15 is 0 Å². The van der Waals surface area contributed by atoms with Crippen LogP contribution in [0.2, 0.25) is 5.02 Å². The number of aliphatic hydroxyl groups is 4. The lowest BCUT2D eigenvalue weighted by molar-refractivity contribution is -0.255. The molecule has 1 aliphatic carbocycles. The molecule has 4 N–H and O–H groups in total. The van der Waals surface area contributed by atoms with Crippen LogP contribution in [0.15, 0.2) is 46.1 Å². The van der Waals surface area contributed by atoms with Crippen LogP contribution in [0.1, 0.15) is 37.2 Å². The van der Waals surface area contributed by atoms with Crippen molar-refractivity contribution in [1.82, 2.24) is 4.90 Å². The van der Waals surface area contributed by atoms with Gasteiger partial charge < -0.3 is 30.1 Å². The molecule has 6 atom stereocenters. The summed E-state index contributed by atoms with van der Waals surface area (Å²) in [5.74, 6) is -0.286. The quantitative estimate of drug-likeness (QED) is 0.434. The van der Waals surface area contributed by atoms with Gasteiger partial charge in [0.05, 0.1) is 23.3 Å². The summed E-state index contributed by atoms with van der Waals surface area (Å²) in [6.07, 6.45) is -3.22. The van der Waals surface area contributed by atoms with Crippen LogP contribution in [0.3, 0.4) is 0 Å². The molecule has 31 heavy (non-hydrogen) atoms. The highest BCUT2D eigenvalue weighted by Crippen LogP contribution is 2.49. The third kappa shape index (κ3) is 3.89. The first-order valence-electron chi connectivity index (χ1n) is 10.3. The first kappa shape index (κ1) is 22.6. The van der Waals surface area contributed by atoms with Crippen molar-refractivity contribution in [3.05, 3.63) is 56.7 Å². The van der Waals surface area contributed by atoms with Gasteiger partial charge in [-0.2, -0.15) is 5.26 Å². The number of rotatable bonds is 3. The first-order valence-corrected chi connectivity index (χ1v) is 11.1. The molecule has 0 saturated carbocycles. The van der Waals surface area contributed by atoms with Crippen molar-refractivity contribution in [3.8, 4) is 6.07 Å². The molecule has 7 nitrogen and oxygen atoms in total. The Morgan fingerprint density at radius 1 is 1.10 bits per heavy atom. The van der Waals surface area contributed by atoms with Crippen molar-refractivity contribution in [2.45, 2.75) is 62.2 Å². The normalized spacial score (nSPS) is 33.9. The largest absolute Gasteiger partial charge is 0.394 e. The van der Waals surface area contributed by atoms with E-state index in [1.807, 2.05) is 12.1 Å². The fourth-order valence-electron chi connectivity index (χ4n) is 4.77. The summed E-state index contributed by atoms with van der Waals surface area (Å²) in [4.78, 5) is 1.66. The zero-order valence-corrected chi connectivity index (χ0v) is 18.4. The molecule has 166 valence electrons. The van der Waals surface area contributed by atoms with Gasteiger partial charge >= 0.3 is 0 Å². The van der Waals surface area contributed by atoms with Crippen LogP contribution < -0.4 is 0 Å². The maximum atomic E-state index is 10.7. The van der Waals surface area contributed by atoms with E-state index in [9.17, 15) is 25.7 Å². The molecule has 0 bridgehead atoms. The van der Waals surface area contributed by atoms with Gasteiger partial charge in [0.25, 0.3) is 0 Å². The number of ether oxygens (including phenoxy) is 1. The van der Waals surface area contributed by atoms with Gasteiger partial charge in [-0.25, -0.2) is 0 Å². The van der Waals surface area contributed by atoms with E-state index in [4.69, 9.17) is 16.3 Å². The summed E-state index contributed by atoms with van der Waals surface area (Å²) >= 11 is 10.7. The number of nitrogens with zero attached hydrogens (tertiary/aromatic N) is 2. The van der Waals surface area contributed by atoms with E-state index in [2.05, 4.69) is 18.7 Å². The van der Waals surface area contributed by atoms with Crippen LogP contribution in [0.25, 0.3) is 0 Å². The SMILES string of the molecule is N#CC1=C(S)N([C@@H]2O[C@H](CO)[C@H](O)[C@H](O)[C@@H]2O)C2=C(CCCC2)[C@@H]1c1ccc(Cl)cc1. The molecular weight excluding hydrogens is 440 g/mol. The van der Waals surface area contributed by atoms with Gasteiger partial charge in [-0.05, 0) is 49.0 Å². The minimum atomic E-state index is -1.51. The monoisotopic (exact) mass is 464 g/mol. The van der Waals surface area contributed by atoms with Gasteiger partial charge in [-0.1, -0.05) is 23.7 Å². The van der Waals surface area contributed by atoms with Crippen molar-refractivity contribution >= 4 is 24.2 Å². The molecule has 1 aromatic rings. The minimum Gasteiger partial charge on any atom is -0.394 e. The van der Waals surface area contributed by atoms with Gasteiger partial charge in [0, 0.05) is 16.6 Å². The standard InChI is InChI=1S/C22H25ClN2O5S/c23-12-7-5-11(6-8-12)17-13-3-1-2-4-15(13)25(22(31)14(17)9-24)21-20(29)19(28)18(27)16(10-26)30-21/h5-8,16-21,26-29,31H,1-4,10H2/t16-,17+,18+,19+,20+,21-/m1/s1. The Hall–Kier alpha value is -1.57. The molecule has 0 radical (unpaired) electrons. The fourth-order valence-corrected chi connectivity index (χ4v) is 5.31. The van der Waals surface area contributed by atoms with Crippen molar-refractivity contribution in [2.24, 2.45) is 0 Å². The summed E-state index contributed by atoms with van der Waals surface area (Å²) in [6, 6.07) is 9.65. The Morgan fingerprint density at radius 2 is 1.77 bits per heavy atom. The lowest BCUT2D eigenvalue weighted by atomic mass is 9.76. The maximum absolute atomic E-state index is 10.7. The number of nitriles is 1. The third-order valence-electron chi connectivity index (χ3n) is 6.32. The summed E-state index contributed by atoms with van der Waals surface area (Å²) < 4.78 is 5.81. The molecule has 2 aliphatic heterocycles. The molecule has 0 amide bonds. The number of allylic oxidation sites excluding steroid dienone is 3. The van der Waals surface area contributed by atoms with Crippen molar-refractivity contribution in [3.63, 3.8) is 0 Å². The Balaban J connectivity index is 1.82. The highest BCUT2D eigenvalue weighted by Gasteiger charge is 2.49. The van der Waals surface area contributed by atoms with Crippen LogP contribution >= 0.6 is 24.2 Å². The average molecular weight is 465 g/mol. The molecule has 0 spiro atoms. The second-order valence-corrected chi connectivity index (χ2v) is 8.96. The van der Waals surface area contributed by atoms with Crippen LogP contribution in [-0.2, 0) is 4.74 Å². The minimum absolute atomic E-state index is 0.286. The maximum Gasteiger partial charge on any atom is 0.163 e. The molecule has 2 heterocycles. The van der Waals surface area contributed by atoms with E-state index in [0.717, 1.165) is 36.1 Å². The summed E-state index contributed by atoms with van der Waals surface area (Å²) in [6.45, 7) is -0.523. The Labute approximate surface area is 191 Å². The molecule has 4 rings (SSSR count). The van der Waals surface area contributed by atoms with Gasteiger partial charge in [0.15, 0.2) is 6.23 Å². The second-order valence-electron chi connectivity index (χ2n) is 8.10. The third-order valence-corrected chi connectivity index (χ3v) is 7.03. The molecule has 0 aromatic heterocycles. The van der Waals surface area contributed by atoms with Gasteiger partial charge in [-0.3, -0.25) is 0 Å². The molecule has 3 aliphatic rings. The van der Waals surface area contributed by atoms with E-state index in [1.165, 1.54) is 0 Å². The molecular formula is C22H25ClN2O5S. The molecule has 1 aromatic carbocycles.